The van der Waals surface area contributed by atoms with Gasteiger partial charge < -0.3 is 5.32 Å². The Morgan fingerprint density at radius 1 is 1.47 bits per heavy atom. The molecule has 0 bridgehead atoms. The molecule has 0 atom stereocenters. The lowest BCUT2D eigenvalue weighted by Gasteiger charge is -2.09. The molecule has 5 heteroatoms. The molecule has 0 aliphatic rings. The summed E-state index contributed by atoms with van der Waals surface area (Å²) in [7, 11) is 0. The van der Waals surface area contributed by atoms with Crippen LogP contribution < -0.4 is 5.32 Å². The summed E-state index contributed by atoms with van der Waals surface area (Å²) in [6, 6.07) is 4.10. The highest BCUT2D eigenvalue weighted by molar-refractivity contribution is 7.09. The third-order valence-electron chi connectivity index (χ3n) is 2.37. The first-order valence-electron chi connectivity index (χ1n) is 5.20. The van der Waals surface area contributed by atoms with Crippen molar-refractivity contribution in [3.05, 3.63) is 39.5 Å². The van der Waals surface area contributed by atoms with E-state index in [4.69, 9.17) is 5.26 Å². The second-order valence-corrected chi connectivity index (χ2v) is 4.71. The Morgan fingerprint density at radius 3 is 2.94 bits per heavy atom. The molecule has 0 saturated heterocycles. The van der Waals surface area contributed by atoms with Crippen molar-refractivity contribution < 1.29 is 0 Å². The molecule has 0 amide bonds. The molecule has 0 fully saturated rings. The highest BCUT2D eigenvalue weighted by Crippen LogP contribution is 2.18. The van der Waals surface area contributed by atoms with Crippen LogP contribution >= 0.6 is 11.3 Å². The Balaban J connectivity index is 2.23. The standard InChI is InChI=1S/C12H12N4S/c1-8-3-9(2)16-12(11(8)4-13)15-6-10-5-14-7-17-10/h3,5,7H,6H2,1-2H3,(H,15,16). The van der Waals surface area contributed by atoms with E-state index in [1.54, 1.807) is 16.8 Å². The van der Waals surface area contributed by atoms with Crippen LogP contribution in [0.5, 0.6) is 0 Å². The molecule has 0 aliphatic heterocycles. The van der Waals surface area contributed by atoms with Gasteiger partial charge in [0.2, 0.25) is 0 Å². The Labute approximate surface area is 104 Å². The highest BCUT2D eigenvalue weighted by atomic mass is 32.1. The number of thiazole rings is 1. The third kappa shape index (κ3) is 2.60. The molecule has 0 unspecified atom stereocenters. The van der Waals surface area contributed by atoms with Crippen molar-refractivity contribution in [3.8, 4) is 6.07 Å². The zero-order valence-corrected chi connectivity index (χ0v) is 10.5. The Hall–Kier alpha value is -1.93. The quantitative estimate of drug-likeness (QED) is 0.901. The van der Waals surface area contributed by atoms with Crippen molar-refractivity contribution >= 4 is 17.2 Å². The number of aromatic nitrogens is 2. The van der Waals surface area contributed by atoms with Crippen LogP contribution in [0.4, 0.5) is 5.82 Å². The number of aryl methyl sites for hydroxylation is 2. The number of nitrogens with one attached hydrogen (secondary N) is 1. The smallest absolute Gasteiger partial charge is 0.144 e. The molecule has 1 N–H and O–H groups in total. The number of nitrogens with zero attached hydrogens (tertiary/aromatic N) is 3. The summed E-state index contributed by atoms with van der Waals surface area (Å²) in [5.74, 6) is 0.651. The molecule has 2 aromatic heterocycles. The van der Waals surface area contributed by atoms with Crippen molar-refractivity contribution in [2.24, 2.45) is 0 Å². The molecular formula is C12H12N4S. The van der Waals surface area contributed by atoms with Gasteiger partial charge in [-0.2, -0.15) is 5.26 Å². The maximum atomic E-state index is 9.11. The molecule has 17 heavy (non-hydrogen) atoms. The summed E-state index contributed by atoms with van der Waals surface area (Å²) in [6.07, 6.45) is 1.81. The predicted molar refractivity (Wildman–Crippen MR) is 67.9 cm³/mol. The van der Waals surface area contributed by atoms with E-state index in [1.165, 1.54) is 0 Å². The summed E-state index contributed by atoms with van der Waals surface area (Å²) in [5.41, 5.74) is 4.26. The summed E-state index contributed by atoms with van der Waals surface area (Å²) in [5, 5.41) is 12.3. The van der Waals surface area contributed by atoms with Gasteiger partial charge in [0, 0.05) is 16.8 Å². The third-order valence-corrected chi connectivity index (χ3v) is 3.15. The van der Waals surface area contributed by atoms with Crippen molar-refractivity contribution in [2.75, 3.05) is 5.32 Å². The van der Waals surface area contributed by atoms with Crippen LogP contribution in [0.1, 0.15) is 21.7 Å². The Bertz CT molecular complexity index is 555. The monoisotopic (exact) mass is 244 g/mol. The van der Waals surface area contributed by atoms with E-state index < -0.39 is 0 Å². The fraction of sp³-hybridized carbons (Fsp3) is 0.250. The fourth-order valence-electron chi connectivity index (χ4n) is 1.61. The number of nitriles is 1. The van der Waals surface area contributed by atoms with E-state index in [-0.39, 0.29) is 0 Å². The normalized spacial score (nSPS) is 9.94. The lowest BCUT2D eigenvalue weighted by atomic mass is 10.1. The number of hydrogen-bond donors (Lipinski definition) is 1. The molecule has 2 rings (SSSR count). The maximum absolute atomic E-state index is 9.11. The molecule has 0 aromatic carbocycles. The first-order chi connectivity index (χ1) is 8.20. The predicted octanol–water partition coefficient (Wildman–Crippen LogP) is 2.64. The van der Waals surface area contributed by atoms with E-state index in [9.17, 15) is 0 Å². The van der Waals surface area contributed by atoms with Crippen LogP contribution in [-0.2, 0) is 6.54 Å². The van der Waals surface area contributed by atoms with Crippen LogP contribution in [0.15, 0.2) is 17.8 Å². The topological polar surface area (TPSA) is 61.6 Å². The van der Waals surface area contributed by atoms with Gasteiger partial charge in [-0.15, -0.1) is 11.3 Å². The van der Waals surface area contributed by atoms with Gasteiger partial charge in [0.15, 0.2) is 0 Å². The summed E-state index contributed by atoms with van der Waals surface area (Å²) >= 11 is 1.58. The summed E-state index contributed by atoms with van der Waals surface area (Å²) < 4.78 is 0. The fourth-order valence-corrected chi connectivity index (χ4v) is 2.14. The lowest BCUT2D eigenvalue weighted by molar-refractivity contribution is 1.09. The lowest BCUT2D eigenvalue weighted by Crippen LogP contribution is -2.04. The Kier molecular flexibility index (Phi) is 3.35. The average molecular weight is 244 g/mol. The highest BCUT2D eigenvalue weighted by Gasteiger charge is 2.08. The summed E-state index contributed by atoms with van der Waals surface area (Å²) in [6.45, 7) is 4.49. The van der Waals surface area contributed by atoms with E-state index in [1.807, 2.05) is 26.1 Å². The van der Waals surface area contributed by atoms with E-state index in [0.717, 1.165) is 16.1 Å². The van der Waals surface area contributed by atoms with E-state index in [0.29, 0.717) is 17.9 Å². The number of anilines is 1. The van der Waals surface area contributed by atoms with Crippen molar-refractivity contribution in [1.82, 2.24) is 9.97 Å². The van der Waals surface area contributed by atoms with Crippen molar-refractivity contribution in [2.45, 2.75) is 20.4 Å². The van der Waals surface area contributed by atoms with Gasteiger partial charge in [0.1, 0.15) is 11.9 Å². The van der Waals surface area contributed by atoms with E-state index >= 15 is 0 Å². The number of rotatable bonds is 3. The molecule has 0 radical (unpaired) electrons. The molecule has 2 heterocycles. The maximum Gasteiger partial charge on any atom is 0.144 e. The second kappa shape index (κ2) is 4.93. The minimum absolute atomic E-state index is 0.611. The van der Waals surface area contributed by atoms with Crippen LogP contribution in [0.3, 0.4) is 0 Å². The largest absolute Gasteiger partial charge is 0.364 e. The zero-order valence-electron chi connectivity index (χ0n) is 9.69. The SMILES string of the molecule is Cc1cc(C)c(C#N)c(NCc2cncs2)n1. The van der Waals surface area contributed by atoms with Gasteiger partial charge >= 0.3 is 0 Å². The Morgan fingerprint density at radius 2 is 2.29 bits per heavy atom. The first-order valence-corrected chi connectivity index (χ1v) is 6.08. The van der Waals surface area contributed by atoms with E-state index in [2.05, 4.69) is 21.4 Å². The van der Waals surface area contributed by atoms with Crippen LogP contribution in [0.2, 0.25) is 0 Å². The molecular weight excluding hydrogens is 232 g/mol. The second-order valence-electron chi connectivity index (χ2n) is 3.74. The van der Waals surface area contributed by atoms with Gasteiger partial charge in [-0.05, 0) is 25.5 Å². The molecule has 86 valence electrons. The van der Waals surface area contributed by atoms with Gasteiger partial charge in [-0.1, -0.05) is 0 Å². The number of hydrogen-bond acceptors (Lipinski definition) is 5. The van der Waals surface area contributed by atoms with Gasteiger partial charge in [-0.25, -0.2) is 4.98 Å². The van der Waals surface area contributed by atoms with Gasteiger partial charge in [0.25, 0.3) is 0 Å². The van der Waals surface area contributed by atoms with Crippen molar-refractivity contribution in [1.29, 1.82) is 5.26 Å². The molecule has 0 saturated carbocycles. The molecule has 4 nitrogen and oxygen atoms in total. The minimum Gasteiger partial charge on any atom is -0.364 e. The van der Waals surface area contributed by atoms with Gasteiger partial charge in [0.05, 0.1) is 17.6 Å². The molecule has 0 aliphatic carbocycles. The minimum atomic E-state index is 0.611. The average Bonchev–Trinajstić information content (AvgIpc) is 2.78. The van der Waals surface area contributed by atoms with Crippen LogP contribution in [-0.4, -0.2) is 9.97 Å². The van der Waals surface area contributed by atoms with Crippen LogP contribution in [0.25, 0.3) is 0 Å². The first kappa shape index (κ1) is 11.6. The number of pyridine rings is 1. The molecule has 0 spiro atoms. The molecule has 2 aromatic rings. The zero-order chi connectivity index (χ0) is 12.3. The van der Waals surface area contributed by atoms with Crippen LogP contribution in [0, 0.1) is 25.2 Å². The summed E-state index contributed by atoms with van der Waals surface area (Å²) in [4.78, 5) is 9.48. The van der Waals surface area contributed by atoms with Gasteiger partial charge in [-0.3, -0.25) is 4.98 Å². The van der Waals surface area contributed by atoms with Crippen molar-refractivity contribution in [3.63, 3.8) is 0 Å².